The monoisotopic (exact) mass is 333 g/mol. The zero-order valence-electron chi connectivity index (χ0n) is 12.5. The molecule has 0 atom stereocenters. The average Bonchev–Trinajstić information content (AvgIpc) is 2.51. The summed E-state index contributed by atoms with van der Waals surface area (Å²) in [6.45, 7) is 1.73. The van der Waals surface area contributed by atoms with Crippen molar-refractivity contribution in [2.24, 2.45) is 0 Å². The summed E-state index contributed by atoms with van der Waals surface area (Å²) in [7, 11) is 0. The normalized spacial score (nSPS) is 10.2. The van der Waals surface area contributed by atoms with Crippen LogP contribution in [-0.2, 0) is 9.47 Å². The maximum atomic E-state index is 11.9. The van der Waals surface area contributed by atoms with E-state index in [1.807, 2.05) is 19.1 Å². The molecule has 2 N–H and O–H groups in total. The number of carbonyl (C=O) groups excluding carboxylic acids is 2. The van der Waals surface area contributed by atoms with Gasteiger partial charge in [-0.3, -0.25) is 0 Å². The molecule has 0 unspecified atom stereocenters. The van der Waals surface area contributed by atoms with E-state index in [4.69, 9.17) is 26.8 Å². The zero-order valence-corrected chi connectivity index (χ0v) is 13.3. The number of nitrogens with two attached hydrogens (primary N) is 1. The minimum atomic E-state index is -0.592. The van der Waals surface area contributed by atoms with Crippen molar-refractivity contribution >= 4 is 29.2 Å². The van der Waals surface area contributed by atoms with E-state index in [-0.39, 0.29) is 24.5 Å². The van der Waals surface area contributed by atoms with Crippen LogP contribution in [0.2, 0.25) is 5.02 Å². The molecule has 0 spiro atoms. The van der Waals surface area contributed by atoms with Crippen molar-refractivity contribution in [3.8, 4) is 0 Å². The molecule has 120 valence electrons. The van der Waals surface area contributed by atoms with E-state index in [1.54, 1.807) is 18.2 Å². The molecule has 2 rings (SSSR count). The first-order valence-electron chi connectivity index (χ1n) is 6.94. The fraction of sp³-hybridized carbons (Fsp3) is 0.176. The number of hydrogen-bond acceptors (Lipinski definition) is 5. The molecule has 2 aromatic rings. The number of esters is 2. The lowest BCUT2D eigenvalue weighted by Gasteiger charge is -2.09. The Morgan fingerprint density at radius 3 is 2.22 bits per heavy atom. The molecule has 5 nitrogen and oxygen atoms in total. The van der Waals surface area contributed by atoms with E-state index >= 15 is 0 Å². The first-order valence-corrected chi connectivity index (χ1v) is 7.31. The molecule has 2 aromatic carbocycles. The lowest BCUT2D eigenvalue weighted by atomic mass is 10.1. The van der Waals surface area contributed by atoms with Crippen molar-refractivity contribution in [2.75, 3.05) is 18.9 Å². The van der Waals surface area contributed by atoms with E-state index in [1.165, 1.54) is 12.1 Å². The highest BCUT2D eigenvalue weighted by Crippen LogP contribution is 2.18. The third kappa shape index (κ3) is 4.47. The van der Waals surface area contributed by atoms with Gasteiger partial charge in [0.2, 0.25) is 0 Å². The van der Waals surface area contributed by atoms with Gasteiger partial charge in [0, 0.05) is 10.7 Å². The number of anilines is 1. The number of benzene rings is 2. The lowest BCUT2D eigenvalue weighted by Crippen LogP contribution is -2.15. The largest absolute Gasteiger partial charge is 0.458 e. The van der Waals surface area contributed by atoms with Crippen LogP contribution < -0.4 is 5.73 Å². The predicted octanol–water partition coefficient (Wildman–Crippen LogP) is 3.24. The second-order valence-electron chi connectivity index (χ2n) is 4.82. The van der Waals surface area contributed by atoms with Gasteiger partial charge in [-0.1, -0.05) is 29.8 Å². The van der Waals surface area contributed by atoms with Gasteiger partial charge >= 0.3 is 11.9 Å². The maximum Gasteiger partial charge on any atom is 0.340 e. The van der Waals surface area contributed by atoms with Gasteiger partial charge in [0.25, 0.3) is 0 Å². The van der Waals surface area contributed by atoms with Crippen LogP contribution in [0.3, 0.4) is 0 Å². The van der Waals surface area contributed by atoms with Crippen LogP contribution in [-0.4, -0.2) is 25.2 Å². The van der Waals surface area contributed by atoms with Crippen LogP contribution in [0.1, 0.15) is 26.3 Å². The average molecular weight is 334 g/mol. The van der Waals surface area contributed by atoms with E-state index in [2.05, 4.69) is 0 Å². The van der Waals surface area contributed by atoms with Crippen LogP contribution in [0.4, 0.5) is 5.69 Å². The fourth-order valence-electron chi connectivity index (χ4n) is 1.95. The molecule has 0 saturated heterocycles. The van der Waals surface area contributed by atoms with E-state index in [9.17, 15) is 9.59 Å². The summed E-state index contributed by atoms with van der Waals surface area (Å²) in [5, 5.41) is 0.436. The molecule has 0 aliphatic heterocycles. The Morgan fingerprint density at radius 1 is 1.00 bits per heavy atom. The van der Waals surface area contributed by atoms with Gasteiger partial charge in [-0.25, -0.2) is 9.59 Å². The number of carbonyl (C=O) groups is 2. The van der Waals surface area contributed by atoms with Gasteiger partial charge in [0.1, 0.15) is 13.2 Å². The molecular weight excluding hydrogens is 318 g/mol. The SMILES string of the molecule is Cc1ccccc1C(=O)OCCOC(=O)c1ccc(Cl)cc1N. The quantitative estimate of drug-likeness (QED) is 0.516. The summed E-state index contributed by atoms with van der Waals surface area (Å²) in [5.74, 6) is -1.05. The van der Waals surface area contributed by atoms with Crippen LogP contribution >= 0.6 is 11.6 Å². The number of ether oxygens (including phenoxy) is 2. The smallest absolute Gasteiger partial charge is 0.340 e. The summed E-state index contributed by atoms with van der Waals surface area (Å²) in [6.07, 6.45) is 0. The third-order valence-electron chi connectivity index (χ3n) is 3.15. The van der Waals surface area contributed by atoms with Gasteiger partial charge < -0.3 is 15.2 Å². The van der Waals surface area contributed by atoms with E-state index in [0.29, 0.717) is 10.6 Å². The Bertz CT molecular complexity index is 730. The standard InChI is InChI=1S/C17H16ClNO4/c1-11-4-2-3-5-13(11)16(20)22-8-9-23-17(21)14-7-6-12(18)10-15(14)19/h2-7,10H,8-9,19H2,1H3. The van der Waals surface area contributed by atoms with Gasteiger partial charge in [-0.05, 0) is 36.8 Å². The maximum absolute atomic E-state index is 11.9. The van der Waals surface area contributed by atoms with E-state index in [0.717, 1.165) is 5.56 Å². The number of aryl methyl sites for hydroxylation is 1. The Labute approximate surface area is 139 Å². The zero-order chi connectivity index (χ0) is 16.8. The Kier molecular flexibility index (Phi) is 5.60. The first-order chi connectivity index (χ1) is 11.0. The van der Waals surface area contributed by atoms with Gasteiger partial charge in [-0.15, -0.1) is 0 Å². The van der Waals surface area contributed by atoms with Gasteiger partial charge in [-0.2, -0.15) is 0 Å². The molecule has 0 aromatic heterocycles. The number of halogens is 1. The molecule has 0 saturated carbocycles. The van der Waals surface area contributed by atoms with Crippen LogP contribution in [0, 0.1) is 6.92 Å². The van der Waals surface area contributed by atoms with Crippen molar-refractivity contribution in [1.29, 1.82) is 0 Å². The second kappa shape index (κ2) is 7.65. The minimum absolute atomic E-state index is 0.0353. The molecule has 0 bridgehead atoms. The van der Waals surface area contributed by atoms with Crippen molar-refractivity contribution < 1.29 is 19.1 Å². The molecule has 0 radical (unpaired) electrons. The summed E-state index contributed by atoms with van der Waals surface area (Å²) < 4.78 is 10.1. The lowest BCUT2D eigenvalue weighted by molar-refractivity contribution is 0.0266. The van der Waals surface area contributed by atoms with Gasteiger partial charge in [0.05, 0.1) is 11.1 Å². The highest BCUT2D eigenvalue weighted by molar-refractivity contribution is 6.31. The third-order valence-corrected chi connectivity index (χ3v) is 3.38. The minimum Gasteiger partial charge on any atom is -0.458 e. The Morgan fingerprint density at radius 2 is 1.61 bits per heavy atom. The number of hydrogen-bond donors (Lipinski definition) is 1. The molecular formula is C17H16ClNO4. The number of rotatable bonds is 5. The molecule has 0 heterocycles. The second-order valence-corrected chi connectivity index (χ2v) is 5.25. The van der Waals surface area contributed by atoms with Gasteiger partial charge in [0.15, 0.2) is 0 Å². The summed E-state index contributed by atoms with van der Waals surface area (Å²) >= 11 is 5.76. The summed E-state index contributed by atoms with van der Waals surface area (Å²) in [4.78, 5) is 23.7. The predicted molar refractivity (Wildman–Crippen MR) is 87.6 cm³/mol. The molecule has 0 fully saturated rings. The van der Waals surface area contributed by atoms with E-state index < -0.39 is 11.9 Å². The Hall–Kier alpha value is -2.53. The van der Waals surface area contributed by atoms with Crippen molar-refractivity contribution in [2.45, 2.75) is 6.92 Å². The molecule has 23 heavy (non-hydrogen) atoms. The van der Waals surface area contributed by atoms with Crippen molar-refractivity contribution in [3.63, 3.8) is 0 Å². The van der Waals surface area contributed by atoms with Crippen molar-refractivity contribution in [3.05, 3.63) is 64.2 Å². The molecule has 6 heteroatoms. The fourth-order valence-corrected chi connectivity index (χ4v) is 2.13. The Balaban J connectivity index is 1.82. The molecule has 0 amide bonds. The summed E-state index contributed by atoms with van der Waals surface area (Å²) in [5.41, 5.74) is 7.46. The topological polar surface area (TPSA) is 78.6 Å². The highest BCUT2D eigenvalue weighted by atomic mass is 35.5. The summed E-state index contributed by atoms with van der Waals surface area (Å²) in [6, 6.07) is 11.6. The van der Waals surface area contributed by atoms with Crippen LogP contribution in [0.5, 0.6) is 0 Å². The highest BCUT2D eigenvalue weighted by Gasteiger charge is 2.13. The molecule has 0 aliphatic rings. The molecule has 0 aliphatic carbocycles. The van der Waals surface area contributed by atoms with Crippen LogP contribution in [0.25, 0.3) is 0 Å². The van der Waals surface area contributed by atoms with Crippen LogP contribution in [0.15, 0.2) is 42.5 Å². The number of nitrogen functional groups attached to an aromatic ring is 1. The van der Waals surface area contributed by atoms with Crippen molar-refractivity contribution in [1.82, 2.24) is 0 Å². The first kappa shape index (κ1) is 16.8.